The summed E-state index contributed by atoms with van der Waals surface area (Å²) in [6, 6.07) is 8.45. The minimum absolute atomic E-state index is 0.160. The van der Waals surface area contributed by atoms with Crippen LogP contribution in [0.5, 0.6) is 0 Å². The first-order chi connectivity index (χ1) is 8.31. The lowest BCUT2D eigenvalue weighted by Crippen LogP contribution is -2.28. The highest BCUT2D eigenvalue weighted by Crippen LogP contribution is 2.13. The van der Waals surface area contributed by atoms with Crippen molar-refractivity contribution in [2.24, 2.45) is 5.73 Å². The number of nitrogens with two attached hydrogens (primary N) is 1. The molecule has 0 saturated heterocycles. The number of ether oxygens (including phenoxy) is 1. The third kappa shape index (κ3) is 4.58. The van der Waals surface area contributed by atoms with Crippen molar-refractivity contribution in [2.75, 3.05) is 20.2 Å². The van der Waals surface area contributed by atoms with Crippen LogP contribution < -0.4 is 11.1 Å². The van der Waals surface area contributed by atoms with E-state index in [2.05, 4.69) is 41.4 Å². The Bertz CT molecular complexity index is 375. The molecule has 3 heteroatoms. The van der Waals surface area contributed by atoms with Crippen LogP contribution in [-0.2, 0) is 11.3 Å². The molecule has 1 aromatic rings. The largest absolute Gasteiger partial charge is 0.380 e. The number of hydrogen-bond acceptors (Lipinski definition) is 3. The zero-order chi connectivity index (χ0) is 12.5. The zero-order valence-corrected chi connectivity index (χ0v) is 10.5. The van der Waals surface area contributed by atoms with E-state index in [9.17, 15) is 0 Å². The molecule has 0 heterocycles. The maximum Gasteiger partial charge on any atom is 0.0713 e. The highest BCUT2D eigenvalue weighted by atomic mass is 16.5. The quantitative estimate of drug-likeness (QED) is 0.730. The predicted molar refractivity (Wildman–Crippen MR) is 70.4 cm³/mol. The Labute approximate surface area is 103 Å². The lowest BCUT2D eigenvalue weighted by atomic mass is 10.1. The molecule has 1 unspecified atom stereocenters. The van der Waals surface area contributed by atoms with Crippen molar-refractivity contribution in [1.82, 2.24) is 5.32 Å². The molecule has 3 nitrogen and oxygen atoms in total. The SMILES string of the molecule is CC#CCNC(CN)c1ccc(COC)cc1. The summed E-state index contributed by atoms with van der Waals surface area (Å²) in [5, 5.41) is 3.31. The third-order valence-corrected chi connectivity index (χ3v) is 2.54. The summed E-state index contributed by atoms with van der Waals surface area (Å²) in [6.45, 7) is 3.70. The van der Waals surface area contributed by atoms with Crippen LogP contribution >= 0.6 is 0 Å². The lowest BCUT2D eigenvalue weighted by molar-refractivity contribution is 0.185. The van der Waals surface area contributed by atoms with Gasteiger partial charge in [0.05, 0.1) is 13.2 Å². The van der Waals surface area contributed by atoms with Gasteiger partial charge in [-0.15, -0.1) is 5.92 Å². The molecule has 1 atom stereocenters. The van der Waals surface area contributed by atoms with Crippen LogP contribution in [0.2, 0.25) is 0 Å². The van der Waals surface area contributed by atoms with E-state index in [4.69, 9.17) is 10.5 Å². The van der Waals surface area contributed by atoms with Crippen molar-refractivity contribution in [1.29, 1.82) is 0 Å². The Balaban J connectivity index is 2.63. The van der Waals surface area contributed by atoms with Crippen molar-refractivity contribution in [2.45, 2.75) is 19.6 Å². The second-order valence-electron chi connectivity index (χ2n) is 3.77. The molecule has 0 amide bonds. The molecule has 0 aliphatic heterocycles. The van der Waals surface area contributed by atoms with Crippen molar-refractivity contribution < 1.29 is 4.74 Å². The summed E-state index contributed by atoms with van der Waals surface area (Å²) < 4.78 is 5.08. The molecule has 3 N–H and O–H groups in total. The maximum absolute atomic E-state index is 5.75. The molecule has 0 saturated carbocycles. The fourth-order valence-electron chi connectivity index (χ4n) is 1.61. The first-order valence-electron chi connectivity index (χ1n) is 5.72. The molecule has 0 fully saturated rings. The van der Waals surface area contributed by atoms with Crippen LogP contribution in [0, 0.1) is 11.8 Å². The fourth-order valence-corrected chi connectivity index (χ4v) is 1.61. The Morgan fingerprint density at radius 2 is 2.06 bits per heavy atom. The second kappa shape index (κ2) is 7.86. The lowest BCUT2D eigenvalue weighted by Gasteiger charge is -2.16. The van der Waals surface area contributed by atoms with E-state index in [1.165, 1.54) is 11.1 Å². The summed E-state index contributed by atoms with van der Waals surface area (Å²) in [4.78, 5) is 0. The molecule has 0 radical (unpaired) electrons. The van der Waals surface area contributed by atoms with Gasteiger partial charge in [-0.25, -0.2) is 0 Å². The number of rotatable bonds is 6. The van der Waals surface area contributed by atoms with Gasteiger partial charge in [-0.1, -0.05) is 30.2 Å². The summed E-state index contributed by atoms with van der Waals surface area (Å²) in [6.07, 6.45) is 0. The van der Waals surface area contributed by atoms with Gasteiger partial charge < -0.3 is 10.5 Å². The van der Waals surface area contributed by atoms with E-state index in [1.807, 2.05) is 6.92 Å². The third-order valence-electron chi connectivity index (χ3n) is 2.54. The Morgan fingerprint density at radius 3 is 2.59 bits per heavy atom. The highest BCUT2D eigenvalue weighted by molar-refractivity contribution is 5.25. The van der Waals surface area contributed by atoms with Crippen LogP contribution in [0.4, 0.5) is 0 Å². The predicted octanol–water partition coefficient (Wildman–Crippen LogP) is 1.45. The standard InChI is InChI=1S/C14H20N2O/c1-3-4-9-16-14(10-15)13-7-5-12(6-8-13)11-17-2/h5-8,14,16H,9-11,15H2,1-2H3. The van der Waals surface area contributed by atoms with E-state index in [-0.39, 0.29) is 6.04 Å². The first kappa shape index (κ1) is 13.7. The first-order valence-corrected chi connectivity index (χ1v) is 5.72. The molecule has 17 heavy (non-hydrogen) atoms. The summed E-state index contributed by atoms with van der Waals surface area (Å²) in [5.41, 5.74) is 8.10. The zero-order valence-electron chi connectivity index (χ0n) is 10.5. The van der Waals surface area contributed by atoms with Gasteiger partial charge in [0.15, 0.2) is 0 Å². The van der Waals surface area contributed by atoms with Crippen LogP contribution in [0.15, 0.2) is 24.3 Å². The molecule has 0 spiro atoms. The van der Waals surface area contributed by atoms with Crippen molar-refractivity contribution in [3.8, 4) is 11.8 Å². The van der Waals surface area contributed by atoms with E-state index in [0.29, 0.717) is 19.7 Å². The summed E-state index contributed by atoms with van der Waals surface area (Å²) >= 11 is 0. The molecule has 0 bridgehead atoms. The Kier molecular flexibility index (Phi) is 6.34. The van der Waals surface area contributed by atoms with E-state index in [1.54, 1.807) is 7.11 Å². The fraction of sp³-hybridized carbons (Fsp3) is 0.429. The molecule has 0 aliphatic carbocycles. The molecular formula is C14H20N2O. The van der Waals surface area contributed by atoms with Crippen LogP contribution in [0.25, 0.3) is 0 Å². The van der Waals surface area contributed by atoms with Gasteiger partial charge in [0.1, 0.15) is 0 Å². The van der Waals surface area contributed by atoms with Crippen molar-refractivity contribution in [3.05, 3.63) is 35.4 Å². The Hall–Kier alpha value is -1.34. The number of benzene rings is 1. The molecular weight excluding hydrogens is 212 g/mol. The minimum atomic E-state index is 0.160. The smallest absolute Gasteiger partial charge is 0.0713 e. The van der Waals surface area contributed by atoms with Gasteiger partial charge >= 0.3 is 0 Å². The number of methoxy groups -OCH3 is 1. The summed E-state index contributed by atoms with van der Waals surface area (Å²) in [7, 11) is 1.70. The highest BCUT2D eigenvalue weighted by Gasteiger charge is 2.07. The molecule has 0 aromatic heterocycles. The van der Waals surface area contributed by atoms with E-state index >= 15 is 0 Å². The van der Waals surface area contributed by atoms with Crippen molar-refractivity contribution in [3.63, 3.8) is 0 Å². The Morgan fingerprint density at radius 1 is 1.35 bits per heavy atom. The van der Waals surface area contributed by atoms with E-state index < -0.39 is 0 Å². The average Bonchev–Trinajstić information content (AvgIpc) is 2.36. The van der Waals surface area contributed by atoms with E-state index in [0.717, 1.165) is 0 Å². The van der Waals surface area contributed by atoms with Gasteiger partial charge in [0.25, 0.3) is 0 Å². The van der Waals surface area contributed by atoms with Crippen LogP contribution in [0.1, 0.15) is 24.1 Å². The van der Waals surface area contributed by atoms with Crippen molar-refractivity contribution >= 4 is 0 Å². The topological polar surface area (TPSA) is 47.3 Å². The van der Waals surface area contributed by atoms with Crippen LogP contribution in [-0.4, -0.2) is 20.2 Å². The summed E-state index contributed by atoms with van der Waals surface area (Å²) in [5.74, 6) is 5.83. The molecule has 1 aromatic carbocycles. The second-order valence-corrected chi connectivity index (χ2v) is 3.77. The minimum Gasteiger partial charge on any atom is -0.380 e. The normalized spacial score (nSPS) is 11.7. The molecule has 0 aliphatic rings. The number of nitrogens with one attached hydrogen (secondary N) is 1. The molecule has 92 valence electrons. The van der Waals surface area contributed by atoms with Gasteiger partial charge in [-0.05, 0) is 18.1 Å². The van der Waals surface area contributed by atoms with Gasteiger partial charge in [0.2, 0.25) is 0 Å². The van der Waals surface area contributed by atoms with Gasteiger partial charge in [-0.3, -0.25) is 5.32 Å². The van der Waals surface area contributed by atoms with Gasteiger partial charge in [-0.2, -0.15) is 0 Å². The molecule has 1 rings (SSSR count). The van der Waals surface area contributed by atoms with Gasteiger partial charge in [0, 0.05) is 19.7 Å². The number of hydrogen-bond donors (Lipinski definition) is 2. The maximum atomic E-state index is 5.75. The van der Waals surface area contributed by atoms with Crippen LogP contribution in [0.3, 0.4) is 0 Å². The average molecular weight is 232 g/mol. The monoisotopic (exact) mass is 232 g/mol.